The predicted octanol–water partition coefficient (Wildman–Crippen LogP) is 0.757. The quantitative estimate of drug-likeness (QED) is 0.817. The molecular formula is C15H21N5O3. The summed E-state index contributed by atoms with van der Waals surface area (Å²) in [6, 6.07) is 0. The molecule has 0 aromatic carbocycles. The van der Waals surface area contributed by atoms with Crippen LogP contribution in [0.3, 0.4) is 0 Å². The lowest BCUT2D eigenvalue weighted by atomic mass is 10.1. The Morgan fingerprint density at radius 2 is 1.78 bits per heavy atom. The van der Waals surface area contributed by atoms with Crippen molar-refractivity contribution in [3.8, 4) is 0 Å². The van der Waals surface area contributed by atoms with Gasteiger partial charge in [-0.1, -0.05) is 10.3 Å². The lowest BCUT2D eigenvalue weighted by Gasteiger charge is -2.33. The van der Waals surface area contributed by atoms with Crippen LogP contribution in [-0.4, -0.2) is 57.9 Å². The highest BCUT2D eigenvalue weighted by Crippen LogP contribution is 2.22. The van der Waals surface area contributed by atoms with E-state index in [-0.39, 0.29) is 0 Å². The van der Waals surface area contributed by atoms with Gasteiger partial charge >= 0.3 is 0 Å². The van der Waals surface area contributed by atoms with Crippen LogP contribution >= 0.6 is 0 Å². The van der Waals surface area contributed by atoms with Crippen molar-refractivity contribution < 1.29 is 13.8 Å². The molecule has 0 bridgehead atoms. The van der Waals surface area contributed by atoms with Gasteiger partial charge in [0.2, 0.25) is 5.89 Å². The van der Waals surface area contributed by atoms with E-state index in [4.69, 9.17) is 13.8 Å². The van der Waals surface area contributed by atoms with Crippen molar-refractivity contribution >= 4 is 0 Å². The van der Waals surface area contributed by atoms with Crippen LogP contribution in [-0.2, 0) is 30.9 Å². The molecule has 1 saturated heterocycles. The van der Waals surface area contributed by atoms with Gasteiger partial charge in [0, 0.05) is 44.7 Å². The molecule has 0 radical (unpaired) electrons. The molecule has 2 aliphatic heterocycles. The number of aryl methyl sites for hydroxylation is 1. The molecule has 0 saturated carbocycles. The van der Waals surface area contributed by atoms with Gasteiger partial charge in [0.15, 0.2) is 5.82 Å². The minimum absolute atomic E-state index is 0.630. The highest BCUT2D eigenvalue weighted by atomic mass is 16.5. The molecule has 8 nitrogen and oxygen atoms in total. The summed E-state index contributed by atoms with van der Waals surface area (Å²) in [5.74, 6) is 2.38. The van der Waals surface area contributed by atoms with Gasteiger partial charge in [0.25, 0.3) is 0 Å². The molecule has 0 aliphatic carbocycles. The Labute approximate surface area is 134 Å². The highest BCUT2D eigenvalue weighted by Gasteiger charge is 2.24. The Morgan fingerprint density at radius 1 is 1.00 bits per heavy atom. The first-order valence-corrected chi connectivity index (χ1v) is 8.06. The molecule has 0 amide bonds. The normalized spacial score (nSPS) is 19.9. The first-order valence-electron chi connectivity index (χ1n) is 8.06. The van der Waals surface area contributed by atoms with Crippen LogP contribution < -0.4 is 0 Å². The fourth-order valence-electron chi connectivity index (χ4n) is 3.12. The Hall–Kier alpha value is -1.77. The van der Waals surface area contributed by atoms with Gasteiger partial charge in [-0.05, 0) is 6.92 Å². The largest absolute Gasteiger partial charge is 0.376 e. The summed E-state index contributed by atoms with van der Waals surface area (Å²) in [4.78, 5) is 9.01. The minimum atomic E-state index is 0.630. The van der Waals surface area contributed by atoms with Crippen LogP contribution in [0.1, 0.15) is 28.7 Å². The molecule has 1 fully saturated rings. The first-order chi connectivity index (χ1) is 11.3. The summed E-state index contributed by atoms with van der Waals surface area (Å²) in [5.41, 5.74) is 2.18. The molecule has 2 aromatic heterocycles. The van der Waals surface area contributed by atoms with Crippen molar-refractivity contribution in [3.63, 3.8) is 0 Å². The van der Waals surface area contributed by atoms with Crippen molar-refractivity contribution in [2.24, 2.45) is 0 Å². The standard InChI is InChI=1S/C15H21N5O3/c1-11-16-15(23-17-11)9-20-5-3-19(4-6-20)8-13-12-10-21-7-2-14(12)22-18-13/h2-10H2,1H3. The monoisotopic (exact) mass is 319 g/mol. The number of hydrogen-bond donors (Lipinski definition) is 0. The Morgan fingerprint density at radius 3 is 2.52 bits per heavy atom. The summed E-state index contributed by atoms with van der Waals surface area (Å²) >= 11 is 0. The number of rotatable bonds is 4. The van der Waals surface area contributed by atoms with Gasteiger partial charge in [0.1, 0.15) is 11.5 Å². The van der Waals surface area contributed by atoms with Crippen LogP contribution in [0.25, 0.3) is 0 Å². The lowest BCUT2D eigenvalue weighted by molar-refractivity contribution is 0.0993. The van der Waals surface area contributed by atoms with Crippen molar-refractivity contribution in [2.45, 2.75) is 33.0 Å². The van der Waals surface area contributed by atoms with E-state index in [1.807, 2.05) is 6.92 Å². The molecule has 0 unspecified atom stereocenters. The summed E-state index contributed by atoms with van der Waals surface area (Å²) in [5, 5.41) is 8.07. The average Bonchev–Trinajstić information content (AvgIpc) is 3.16. The van der Waals surface area contributed by atoms with Gasteiger partial charge in [-0.25, -0.2) is 0 Å². The highest BCUT2D eigenvalue weighted by molar-refractivity contribution is 5.23. The zero-order valence-corrected chi connectivity index (χ0v) is 13.3. The number of piperazine rings is 1. The van der Waals surface area contributed by atoms with Gasteiger partial charge in [0.05, 0.1) is 19.8 Å². The van der Waals surface area contributed by atoms with Crippen LogP contribution in [0, 0.1) is 6.92 Å². The Balaban J connectivity index is 1.30. The van der Waals surface area contributed by atoms with Gasteiger partial charge in [-0.2, -0.15) is 4.98 Å². The van der Waals surface area contributed by atoms with Crippen molar-refractivity contribution in [1.29, 1.82) is 0 Å². The van der Waals surface area contributed by atoms with Crippen LogP contribution in [0.15, 0.2) is 9.05 Å². The maximum Gasteiger partial charge on any atom is 0.240 e. The molecule has 0 atom stereocenters. The molecule has 0 N–H and O–H groups in total. The molecule has 124 valence electrons. The molecule has 2 aromatic rings. The fourth-order valence-corrected chi connectivity index (χ4v) is 3.12. The van der Waals surface area contributed by atoms with E-state index < -0.39 is 0 Å². The van der Waals surface area contributed by atoms with Crippen molar-refractivity contribution in [2.75, 3.05) is 32.8 Å². The van der Waals surface area contributed by atoms with E-state index in [0.717, 1.165) is 69.3 Å². The Bertz CT molecular complexity index is 660. The summed E-state index contributed by atoms with van der Waals surface area (Å²) in [6.07, 6.45) is 0.833. The lowest BCUT2D eigenvalue weighted by Crippen LogP contribution is -2.45. The maximum absolute atomic E-state index is 5.52. The molecule has 0 spiro atoms. The zero-order valence-electron chi connectivity index (χ0n) is 13.3. The van der Waals surface area contributed by atoms with Crippen molar-refractivity contribution in [3.05, 3.63) is 28.7 Å². The molecule has 23 heavy (non-hydrogen) atoms. The second kappa shape index (κ2) is 6.38. The third kappa shape index (κ3) is 3.29. The molecule has 4 heterocycles. The summed E-state index contributed by atoms with van der Waals surface area (Å²) in [7, 11) is 0. The van der Waals surface area contributed by atoms with Crippen LogP contribution in [0.4, 0.5) is 0 Å². The summed E-state index contributed by atoms with van der Waals surface area (Å²) in [6.45, 7) is 8.71. The summed E-state index contributed by atoms with van der Waals surface area (Å²) < 4.78 is 16.1. The van der Waals surface area contributed by atoms with Gasteiger partial charge in [-0.15, -0.1) is 0 Å². The zero-order chi connectivity index (χ0) is 15.6. The van der Waals surface area contributed by atoms with E-state index in [9.17, 15) is 0 Å². The average molecular weight is 319 g/mol. The molecule has 4 rings (SSSR count). The topological polar surface area (TPSA) is 80.7 Å². The van der Waals surface area contributed by atoms with E-state index in [1.54, 1.807) is 0 Å². The van der Waals surface area contributed by atoms with E-state index in [0.29, 0.717) is 18.3 Å². The van der Waals surface area contributed by atoms with Crippen molar-refractivity contribution in [1.82, 2.24) is 25.1 Å². The second-order valence-electron chi connectivity index (χ2n) is 6.12. The van der Waals surface area contributed by atoms with Gasteiger partial charge in [-0.3, -0.25) is 9.80 Å². The third-order valence-corrected chi connectivity index (χ3v) is 4.44. The number of ether oxygens (including phenoxy) is 1. The van der Waals surface area contributed by atoms with Crippen LogP contribution in [0.2, 0.25) is 0 Å². The molecule has 2 aliphatic rings. The number of hydrogen-bond acceptors (Lipinski definition) is 8. The number of fused-ring (bicyclic) bond motifs is 1. The molecular weight excluding hydrogens is 298 g/mol. The van der Waals surface area contributed by atoms with E-state index in [2.05, 4.69) is 25.1 Å². The fraction of sp³-hybridized carbons (Fsp3) is 0.667. The number of aromatic nitrogens is 3. The second-order valence-corrected chi connectivity index (χ2v) is 6.12. The first kappa shape index (κ1) is 14.8. The van der Waals surface area contributed by atoms with Crippen LogP contribution in [0.5, 0.6) is 0 Å². The number of nitrogens with zero attached hydrogens (tertiary/aromatic N) is 5. The minimum Gasteiger partial charge on any atom is -0.376 e. The van der Waals surface area contributed by atoms with E-state index >= 15 is 0 Å². The smallest absolute Gasteiger partial charge is 0.240 e. The molecule has 8 heteroatoms. The SMILES string of the molecule is Cc1noc(CN2CCN(Cc3noc4c3COCC4)CC2)n1. The predicted molar refractivity (Wildman–Crippen MR) is 79.5 cm³/mol. The van der Waals surface area contributed by atoms with Gasteiger partial charge < -0.3 is 13.8 Å². The maximum atomic E-state index is 5.52. The third-order valence-electron chi connectivity index (χ3n) is 4.44. The van der Waals surface area contributed by atoms with E-state index in [1.165, 1.54) is 0 Å². The Kier molecular flexibility index (Phi) is 4.11.